The zero-order valence-electron chi connectivity index (χ0n) is 11.9. The van der Waals surface area contributed by atoms with Crippen LogP contribution in [0.5, 0.6) is 0 Å². The van der Waals surface area contributed by atoms with Gasteiger partial charge in [-0.2, -0.15) is 5.10 Å². The second-order valence-electron chi connectivity index (χ2n) is 5.75. The minimum absolute atomic E-state index is 0.0380. The maximum atomic E-state index is 12.2. The van der Waals surface area contributed by atoms with Gasteiger partial charge in [0.25, 0.3) is 5.91 Å². The topological polar surface area (TPSA) is 72.9 Å². The fourth-order valence-electron chi connectivity index (χ4n) is 2.94. The first-order valence-electron chi connectivity index (χ1n) is 7.05. The molecular formula is C14H24N4O. The maximum absolute atomic E-state index is 12.2. The Balaban J connectivity index is 1.97. The molecule has 1 aliphatic carbocycles. The van der Waals surface area contributed by atoms with E-state index in [1.807, 2.05) is 14.0 Å². The van der Waals surface area contributed by atoms with E-state index in [1.54, 1.807) is 10.9 Å². The number of carbonyl (C=O) groups excluding carboxylic acids is 1. The van der Waals surface area contributed by atoms with E-state index >= 15 is 0 Å². The summed E-state index contributed by atoms with van der Waals surface area (Å²) in [4.78, 5) is 12.2. The number of aromatic nitrogens is 2. The van der Waals surface area contributed by atoms with Crippen molar-refractivity contribution >= 4 is 5.91 Å². The molecule has 5 heteroatoms. The molecule has 0 aromatic carbocycles. The molecule has 0 saturated heterocycles. The third kappa shape index (κ3) is 3.15. The van der Waals surface area contributed by atoms with E-state index in [9.17, 15) is 4.79 Å². The van der Waals surface area contributed by atoms with Crippen molar-refractivity contribution in [3.05, 3.63) is 17.5 Å². The lowest BCUT2D eigenvalue weighted by molar-refractivity contribution is 0.0913. The Morgan fingerprint density at radius 3 is 2.68 bits per heavy atom. The highest BCUT2D eigenvalue weighted by Crippen LogP contribution is 2.34. The van der Waals surface area contributed by atoms with Crippen LogP contribution in [-0.2, 0) is 7.05 Å². The smallest absolute Gasteiger partial charge is 0.254 e. The minimum Gasteiger partial charge on any atom is -0.351 e. The summed E-state index contributed by atoms with van der Waals surface area (Å²) in [7, 11) is 1.83. The van der Waals surface area contributed by atoms with Crippen molar-refractivity contribution in [3.8, 4) is 0 Å². The van der Waals surface area contributed by atoms with Gasteiger partial charge < -0.3 is 11.1 Å². The van der Waals surface area contributed by atoms with E-state index in [-0.39, 0.29) is 11.3 Å². The lowest BCUT2D eigenvalue weighted by Gasteiger charge is -2.36. The van der Waals surface area contributed by atoms with Crippen LogP contribution in [0.4, 0.5) is 0 Å². The molecule has 2 rings (SSSR count). The minimum atomic E-state index is -0.0380. The van der Waals surface area contributed by atoms with Crippen molar-refractivity contribution in [2.24, 2.45) is 18.2 Å². The van der Waals surface area contributed by atoms with Crippen molar-refractivity contribution in [1.29, 1.82) is 0 Å². The van der Waals surface area contributed by atoms with Gasteiger partial charge in [-0.1, -0.05) is 19.3 Å². The van der Waals surface area contributed by atoms with Crippen LogP contribution in [0.25, 0.3) is 0 Å². The Hall–Kier alpha value is -1.36. The van der Waals surface area contributed by atoms with E-state index in [1.165, 1.54) is 19.3 Å². The highest BCUT2D eigenvalue weighted by molar-refractivity contribution is 5.95. The normalized spacial score (nSPS) is 18.3. The number of nitrogens with zero attached hydrogens (tertiary/aromatic N) is 2. The van der Waals surface area contributed by atoms with Crippen LogP contribution in [0.3, 0.4) is 0 Å². The summed E-state index contributed by atoms with van der Waals surface area (Å²) in [5.74, 6) is -0.0380. The van der Waals surface area contributed by atoms with E-state index in [2.05, 4.69) is 10.4 Å². The molecule has 1 aliphatic rings. The predicted molar refractivity (Wildman–Crippen MR) is 74.9 cm³/mol. The fraction of sp³-hybridized carbons (Fsp3) is 0.714. The molecule has 106 valence electrons. The van der Waals surface area contributed by atoms with E-state index in [0.29, 0.717) is 18.7 Å². The first-order chi connectivity index (χ1) is 9.06. The predicted octanol–water partition coefficient (Wildman–Crippen LogP) is 1.37. The summed E-state index contributed by atoms with van der Waals surface area (Å²) < 4.78 is 1.67. The van der Waals surface area contributed by atoms with Gasteiger partial charge in [-0.25, -0.2) is 0 Å². The van der Waals surface area contributed by atoms with Crippen molar-refractivity contribution in [2.75, 3.05) is 13.1 Å². The third-order valence-electron chi connectivity index (χ3n) is 4.23. The Bertz CT molecular complexity index is 446. The van der Waals surface area contributed by atoms with Crippen LogP contribution in [0.1, 0.15) is 48.2 Å². The van der Waals surface area contributed by atoms with Gasteiger partial charge in [0.15, 0.2) is 0 Å². The Morgan fingerprint density at radius 1 is 1.47 bits per heavy atom. The van der Waals surface area contributed by atoms with Gasteiger partial charge in [0.05, 0.1) is 11.3 Å². The molecular weight excluding hydrogens is 240 g/mol. The molecule has 5 nitrogen and oxygen atoms in total. The van der Waals surface area contributed by atoms with Crippen LogP contribution >= 0.6 is 0 Å². The Kier molecular flexibility index (Phi) is 4.24. The second kappa shape index (κ2) is 5.74. The summed E-state index contributed by atoms with van der Waals surface area (Å²) >= 11 is 0. The third-order valence-corrected chi connectivity index (χ3v) is 4.23. The SMILES string of the molecule is Cc1nn(C)cc1C(=O)NCC1(CN)CCCCC1. The van der Waals surface area contributed by atoms with Crippen LogP contribution in [0.2, 0.25) is 0 Å². The lowest BCUT2D eigenvalue weighted by Crippen LogP contribution is -2.43. The number of nitrogens with one attached hydrogen (secondary N) is 1. The van der Waals surface area contributed by atoms with Crippen molar-refractivity contribution < 1.29 is 4.79 Å². The summed E-state index contributed by atoms with van der Waals surface area (Å²) in [6, 6.07) is 0. The average Bonchev–Trinajstić information content (AvgIpc) is 2.76. The van der Waals surface area contributed by atoms with Gasteiger partial charge in [0.2, 0.25) is 0 Å². The van der Waals surface area contributed by atoms with Crippen molar-refractivity contribution in [1.82, 2.24) is 15.1 Å². The number of nitrogens with two attached hydrogens (primary N) is 1. The second-order valence-corrected chi connectivity index (χ2v) is 5.75. The fourth-order valence-corrected chi connectivity index (χ4v) is 2.94. The first-order valence-corrected chi connectivity index (χ1v) is 7.05. The molecule has 0 atom stereocenters. The number of amides is 1. The number of hydrogen-bond acceptors (Lipinski definition) is 3. The summed E-state index contributed by atoms with van der Waals surface area (Å²) in [5.41, 5.74) is 7.46. The van der Waals surface area contributed by atoms with Crippen LogP contribution in [-0.4, -0.2) is 28.8 Å². The van der Waals surface area contributed by atoms with E-state index < -0.39 is 0 Å². The highest BCUT2D eigenvalue weighted by atomic mass is 16.1. The lowest BCUT2D eigenvalue weighted by atomic mass is 9.74. The van der Waals surface area contributed by atoms with Gasteiger partial charge in [-0.3, -0.25) is 9.48 Å². The summed E-state index contributed by atoms with van der Waals surface area (Å²) in [6.07, 6.45) is 7.74. The number of aryl methyl sites for hydroxylation is 2. The van der Waals surface area contributed by atoms with Gasteiger partial charge in [0, 0.05) is 19.8 Å². The first kappa shape index (κ1) is 14.1. The number of rotatable bonds is 4. The highest BCUT2D eigenvalue weighted by Gasteiger charge is 2.31. The maximum Gasteiger partial charge on any atom is 0.254 e. The molecule has 0 unspecified atom stereocenters. The summed E-state index contributed by atoms with van der Waals surface area (Å²) in [6.45, 7) is 3.18. The van der Waals surface area contributed by atoms with Crippen LogP contribution in [0.15, 0.2) is 6.20 Å². The standard InChI is InChI=1S/C14H24N4O/c1-11-12(8-18(2)17-11)13(19)16-10-14(9-15)6-4-3-5-7-14/h8H,3-7,9-10,15H2,1-2H3,(H,16,19). The van der Waals surface area contributed by atoms with Gasteiger partial charge in [-0.15, -0.1) is 0 Å². The van der Waals surface area contributed by atoms with Gasteiger partial charge in [-0.05, 0) is 31.7 Å². The zero-order valence-corrected chi connectivity index (χ0v) is 11.9. The van der Waals surface area contributed by atoms with E-state index in [0.717, 1.165) is 18.5 Å². The molecule has 1 fully saturated rings. The van der Waals surface area contributed by atoms with Gasteiger partial charge >= 0.3 is 0 Å². The summed E-state index contributed by atoms with van der Waals surface area (Å²) in [5, 5.41) is 7.24. The van der Waals surface area contributed by atoms with Crippen molar-refractivity contribution in [3.63, 3.8) is 0 Å². The molecule has 0 radical (unpaired) electrons. The molecule has 19 heavy (non-hydrogen) atoms. The molecule has 0 bridgehead atoms. The Labute approximate surface area is 114 Å². The quantitative estimate of drug-likeness (QED) is 0.862. The Morgan fingerprint density at radius 2 is 2.16 bits per heavy atom. The molecule has 1 heterocycles. The number of hydrogen-bond donors (Lipinski definition) is 2. The molecule has 3 N–H and O–H groups in total. The average molecular weight is 264 g/mol. The molecule has 0 aliphatic heterocycles. The van der Waals surface area contributed by atoms with Crippen molar-refractivity contribution in [2.45, 2.75) is 39.0 Å². The molecule has 0 spiro atoms. The molecule has 1 aromatic rings. The molecule has 1 amide bonds. The van der Waals surface area contributed by atoms with E-state index in [4.69, 9.17) is 5.73 Å². The molecule has 1 aromatic heterocycles. The van der Waals surface area contributed by atoms with Crippen LogP contribution < -0.4 is 11.1 Å². The molecule has 1 saturated carbocycles. The van der Waals surface area contributed by atoms with Crippen LogP contribution in [0, 0.1) is 12.3 Å². The largest absolute Gasteiger partial charge is 0.351 e. The zero-order chi connectivity index (χ0) is 13.9. The van der Waals surface area contributed by atoms with Gasteiger partial charge in [0.1, 0.15) is 0 Å². The monoisotopic (exact) mass is 264 g/mol. The number of carbonyl (C=O) groups is 1.